The molecule has 33 heavy (non-hydrogen) atoms. The first-order valence-corrected chi connectivity index (χ1v) is 11.6. The van der Waals surface area contributed by atoms with Crippen LogP contribution in [0.1, 0.15) is 16.8 Å². The van der Waals surface area contributed by atoms with Crippen molar-refractivity contribution in [3.05, 3.63) is 99.3 Å². The van der Waals surface area contributed by atoms with Crippen molar-refractivity contribution in [1.29, 1.82) is 0 Å². The Labute approximate surface area is 194 Å². The first kappa shape index (κ1) is 24.3. The molecule has 3 rings (SSSR count). The number of nitro groups is 1. The number of hydrogen-bond donors (Lipinski definition) is 1. The minimum Gasteiger partial charge on any atom is -0.308 e. The van der Waals surface area contributed by atoms with E-state index in [1.54, 1.807) is 30.3 Å². The fraction of sp³-hybridized carbons (Fsp3) is 0.136. The highest BCUT2D eigenvalue weighted by molar-refractivity contribution is 7.89. The average molecular weight is 492 g/mol. The third-order valence-electron chi connectivity index (χ3n) is 4.68. The zero-order chi connectivity index (χ0) is 24.0. The smallest absolute Gasteiger partial charge is 0.289 e. The van der Waals surface area contributed by atoms with Gasteiger partial charge in [-0.25, -0.2) is 17.5 Å². The summed E-state index contributed by atoms with van der Waals surface area (Å²) in [6.45, 7) is 0.141. The van der Waals surface area contributed by atoms with Gasteiger partial charge in [0, 0.05) is 30.4 Å². The van der Waals surface area contributed by atoms with Gasteiger partial charge in [0.05, 0.1) is 9.82 Å². The lowest BCUT2D eigenvalue weighted by atomic mass is 10.1. The molecule has 8 nitrogen and oxygen atoms in total. The van der Waals surface area contributed by atoms with E-state index in [1.165, 1.54) is 35.2 Å². The minimum absolute atomic E-state index is 0.0290. The van der Waals surface area contributed by atoms with Crippen LogP contribution in [0.4, 0.5) is 15.8 Å². The average Bonchev–Trinajstić information content (AvgIpc) is 2.79. The molecule has 0 spiro atoms. The Balaban J connectivity index is 1.70. The third kappa shape index (κ3) is 6.13. The van der Waals surface area contributed by atoms with E-state index in [4.69, 9.17) is 11.6 Å². The quantitative estimate of drug-likeness (QED) is 0.271. The number of carbonyl (C=O) groups excluding carboxylic acids is 1. The molecule has 1 N–H and O–H groups in total. The molecule has 0 aliphatic rings. The standard InChI is InChI=1S/C22H19ClFN3O5S/c23-20-12-11-19(15-21(20)27(29)30)33(31,32)25-13-4-14-26(18-5-2-1-3-6-18)22(28)16-7-9-17(24)10-8-16/h1-3,5-12,15,25H,4,13-14H2. The third-order valence-corrected chi connectivity index (χ3v) is 6.46. The number of amides is 1. The van der Waals surface area contributed by atoms with Crippen molar-refractivity contribution < 1.29 is 22.5 Å². The molecule has 0 bridgehead atoms. The van der Waals surface area contributed by atoms with Crippen LogP contribution in [0, 0.1) is 15.9 Å². The molecule has 11 heteroatoms. The second-order valence-electron chi connectivity index (χ2n) is 6.92. The number of rotatable bonds is 9. The second-order valence-corrected chi connectivity index (χ2v) is 9.10. The van der Waals surface area contributed by atoms with Gasteiger partial charge in [0.1, 0.15) is 10.8 Å². The maximum absolute atomic E-state index is 13.2. The molecule has 0 fully saturated rings. The summed E-state index contributed by atoms with van der Waals surface area (Å²) in [7, 11) is -4.03. The maximum Gasteiger partial charge on any atom is 0.289 e. The van der Waals surface area contributed by atoms with E-state index < -0.39 is 26.5 Å². The number of benzene rings is 3. The molecule has 0 saturated carbocycles. The molecular weight excluding hydrogens is 473 g/mol. The topological polar surface area (TPSA) is 110 Å². The highest BCUT2D eigenvalue weighted by atomic mass is 35.5. The van der Waals surface area contributed by atoms with Gasteiger partial charge in [-0.15, -0.1) is 0 Å². The van der Waals surface area contributed by atoms with Gasteiger partial charge in [-0.2, -0.15) is 0 Å². The number of nitro benzene ring substituents is 1. The van der Waals surface area contributed by atoms with Gasteiger partial charge in [0.15, 0.2) is 0 Å². The van der Waals surface area contributed by atoms with Gasteiger partial charge >= 0.3 is 0 Å². The minimum atomic E-state index is -4.03. The second kappa shape index (κ2) is 10.5. The van der Waals surface area contributed by atoms with Crippen LogP contribution >= 0.6 is 11.6 Å². The molecule has 3 aromatic carbocycles. The number of halogens is 2. The van der Waals surface area contributed by atoms with E-state index in [2.05, 4.69) is 4.72 Å². The first-order chi connectivity index (χ1) is 15.7. The van der Waals surface area contributed by atoms with Gasteiger partial charge in [-0.1, -0.05) is 29.8 Å². The number of sulfonamides is 1. The van der Waals surface area contributed by atoms with Crippen molar-refractivity contribution in [2.75, 3.05) is 18.0 Å². The van der Waals surface area contributed by atoms with Gasteiger partial charge < -0.3 is 4.90 Å². The van der Waals surface area contributed by atoms with Crippen molar-refractivity contribution in [3.63, 3.8) is 0 Å². The van der Waals surface area contributed by atoms with Crippen molar-refractivity contribution in [2.24, 2.45) is 0 Å². The number of carbonyl (C=O) groups is 1. The molecule has 0 aromatic heterocycles. The van der Waals surface area contributed by atoms with Crippen LogP contribution in [0.3, 0.4) is 0 Å². The lowest BCUT2D eigenvalue weighted by Crippen LogP contribution is -2.34. The molecule has 172 valence electrons. The van der Waals surface area contributed by atoms with Crippen LogP contribution in [-0.4, -0.2) is 32.3 Å². The summed E-state index contributed by atoms with van der Waals surface area (Å²) in [5, 5.41) is 10.8. The summed E-state index contributed by atoms with van der Waals surface area (Å²) in [5.74, 6) is -0.827. The Morgan fingerprint density at radius 1 is 1.06 bits per heavy atom. The Morgan fingerprint density at radius 2 is 1.73 bits per heavy atom. The molecule has 3 aromatic rings. The molecule has 1 amide bonds. The first-order valence-electron chi connectivity index (χ1n) is 9.75. The van der Waals surface area contributed by atoms with E-state index in [0.717, 1.165) is 12.1 Å². The largest absolute Gasteiger partial charge is 0.308 e. The molecule has 0 unspecified atom stereocenters. The number of nitrogens with zero attached hydrogens (tertiary/aromatic N) is 2. The zero-order valence-electron chi connectivity index (χ0n) is 17.1. The molecular formula is C22H19ClFN3O5S. The molecule has 0 aliphatic heterocycles. The van der Waals surface area contributed by atoms with E-state index in [9.17, 15) is 27.7 Å². The SMILES string of the molecule is O=C(c1ccc(F)cc1)N(CCCNS(=O)(=O)c1ccc(Cl)c([N+](=O)[O-])c1)c1ccccc1. The van der Waals surface area contributed by atoms with Crippen molar-refractivity contribution >= 4 is 38.9 Å². The van der Waals surface area contributed by atoms with E-state index >= 15 is 0 Å². The summed E-state index contributed by atoms with van der Waals surface area (Å²) in [5.41, 5.74) is 0.372. The van der Waals surface area contributed by atoms with Gasteiger partial charge in [-0.05, 0) is 55.0 Å². The van der Waals surface area contributed by atoms with Crippen molar-refractivity contribution in [3.8, 4) is 0 Å². The highest BCUT2D eigenvalue weighted by Crippen LogP contribution is 2.27. The van der Waals surface area contributed by atoms with Crippen molar-refractivity contribution in [1.82, 2.24) is 4.72 Å². The maximum atomic E-state index is 13.2. The molecule has 0 aliphatic carbocycles. The van der Waals surface area contributed by atoms with Crippen LogP contribution in [0.5, 0.6) is 0 Å². The predicted octanol–water partition coefficient (Wildman–Crippen LogP) is 4.40. The van der Waals surface area contributed by atoms with E-state index in [1.807, 2.05) is 0 Å². The summed E-state index contributed by atoms with van der Waals surface area (Å²) >= 11 is 5.73. The Morgan fingerprint density at radius 3 is 2.36 bits per heavy atom. The van der Waals surface area contributed by atoms with Gasteiger partial charge in [0.2, 0.25) is 10.0 Å². The lowest BCUT2D eigenvalue weighted by molar-refractivity contribution is -0.384. The summed E-state index contributed by atoms with van der Waals surface area (Å²) in [4.78, 5) is 24.4. The molecule has 0 saturated heterocycles. The number of para-hydroxylation sites is 1. The number of anilines is 1. The number of nitrogens with one attached hydrogen (secondary N) is 1. The Kier molecular flexibility index (Phi) is 7.75. The van der Waals surface area contributed by atoms with Gasteiger partial charge in [0.25, 0.3) is 11.6 Å². The Bertz CT molecular complexity index is 1250. The van der Waals surface area contributed by atoms with Crippen LogP contribution in [0.2, 0.25) is 5.02 Å². The van der Waals surface area contributed by atoms with Crippen LogP contribution in [-0.2, 0) is 10.0 Å². The fourth-order valence-corrected chi connectivity index (χ4v) is 4.31. The number of hydrogen-bond acceptors (Lipinski definition) is 5. The fourth-order valence-electron chi connectivity index (χ4n) is 3.03. The van der Waals surface area contributed by atoms with Gasteiger partial charge in [-0.3, -0.25) is 14.9 Å². The Hall–Kier alpha value is -3.34. The predicted molar refractivity (Wildman–Crippen MR) is 122 cm³/mol. The monoisotopic (exact) mass is 491 g/mol. The van der Waals surface area contributed by atoms with Crippen LogP contribution < -0.4 is 9.62 Å². The lowest BCUT2D eigenvalue weighted by Gasteiger charge is -2.23. The summed E-state index contributed by atoms with van der Waals surface area (Å²) in [6, 6.07) is 17.1. The summed E-state index contributed by atoms with van der Waals surface area (Å²) in [6.07, 6.45) is 0.247. The van der Waals surface area contributed by atoms with Crippen molar-refractivity contribution in [2.45, 2.75) is 11.3 Å². The van der Waals surface area contributed by atoms with Crippen LogP contribution in [0.25, 0.3) is 0 Å². The normalized spacial score (nSPS) is 11.2. The molecule has 0 atom stereocenters. The highest BCUT2D eigenvalue weighted by Gasteiger charge is 2.21. The molecule has 0 heterocycles. The van der Waals surface area contributed by atoms with E-state index in [0.29, 0.717) is 5.69 Å². The zero-order valence-corrected chi connectivity index (χ0v) is 18.7. The molecule has 0 radical (unpaired) electrons. The van der Waals surface area contributed by atoms with E-state index in [-0.39, 0.29) is 40.9 Å². The summed E-state index contributed by atoms with van der Waals surface area (Å²) < 4.78 is 40.7. The van der Waals surface area contributed by atoms with Crippen LogP contribution in [0.15, 0.2) is 77.7 Å².